The van der Waals surface area contributed by atoms with Gasteiger partial charge in [0, 0.05) is 25.5 Å². The summed E-state index contributed by atoms with van der Waals surface area (Å²) in [5.41, 5.74) is 4.83. The molecule has 0 atom stereocenters. The second-order valence-corrected chi connectivity index (χ2v) is 5.13. The lowest BCUT2D eigenvalue weighted by Gasteiger charge is -2.19. The van der Waals surface area contributed by atoms with E-state index in [1.807, 2.05) is 6.20 Å². The minimum atomic E-state index is 0.824. The summed E-state index contributed by atoms with van der Waals surface area (Å²) in [5, 5.41) is 3.31. The van der Waals surface area contributed by atoms with Crippen LogP contribution in [0.2, 0.25) is 0 Å². The first-order valence-corrected chi connectivity index (χ1v) is 7.11. The first-order valence-electron chi connectivity index (χ1n) is 7.11. The van der Waals surface area contributed by atoms with Gasteiger partial charge in [-0.05, 0) is 42.8 Å². The number of aryl methyl sites for hydroxylation is 1. The Balaban J connectivity index is 1.99. The fourth-order valence-electron chi connectivity index (χ4n) is 2.12. The van der Waals surface area contributed by atoms with Crippen LogP contribution in [0, 0.1) is 6.92 Å². The molecule has 0 saturated carbocycles. The van der Waals surface area contributed by atoms with Crippen LogP contribution in [0.4, 0.5) is 5.69 Å². The molecule has 3 heteroatoms. The lowest BCUT2D eigenvalue weighted by Crippen LogP contribution is -2.17. The van der Waals surface area contributed by atoms with Gasteiger partial charge in [-0.15, -0.1) is 0 Å². The van der Waals surface area contributed by atoms with Crippen molar-refractivity contribution in [3.8, 4) is 0 Å². The van der Waals surface area contributed by atoms with E-state index in [1.165, 1.54) is 16.8 Å². The van der Waals surface area contributed by atoms with Gasteiger partial charge < -0.3 is 10.2 Å². The van der Waals surface area contributed by atoms with Crippen molar-refractivity contribution >= 4 is 5.69 Å². The van der Waals surface area contributed by atoms with Gasteiger partial charge >= 0.3 is 0 Å². The van der Waals surface area contributed by atoms with Gasteiger partial charge in [0.05, 0.1) is 12.2 Å². The third-order valence-corrected chi connectivity index (χ3v) is 3.31. The number of nitrogens with one attached hydrogen (secondary N) is 1. The van der Waals surface area contributed by atoms with Gasteiger partial charge in [-0.2, -0.15) is 0 Å². The molecule has 0 bridgehead atoms. The van der Waals surface area contributed by atoms with Crippen LogP contribution in [0.25, 0.3) is 0 Å². The number of aromatic nitrogens is 1. The Morgan fingerprint density at radius 1 is 1.20 bits per heavy atom. The third-order valence-electron chi connectivity index (χ3n) is 3.31. The van der Waals surface area contributed by atoms with E-state index in [9.17, 15) is 0 Å². The summed E-state index contributed by atoms with van der Waals surface area (Å²) in [6, 6.07) is 12.8. The largest absolute Gasteiger partial charge is 0.369 e. The van der Waals surface area contributed by atoms with Crippen molar-refractivity contribution < 1.29 is 0 Å². The summed E-state index contributed by atoms with van der Waals surface area (Å²) in [6.07, 6.45) is 1.96. The number of benzene rings is 1. The van der Waals surface area contributed by atoms with E-state index >= 15 is 0 Å². The predicted octanol–water partition coefficient (Wildman–Crippen LogP) is 3.14. The summed E-state index contributed by atoms with van der Waals surface area (Å²) >= 11 is 0. The number of hydrogen-bond donors (Lipinski definition) is 1. The SMILES string of the molecule is CCNCc1ccc(CN(C)c2cccc(C)c2)nc1. The average Bonchev–Trinajstić information content (AvgIpc) is 2.46. The van der Waals surface area contributed by atoms with Gasteiger partial charge in [0.1, 0.15) is 0 Å². The Labute approximate surface area is 121 Å². The van der Waals surface area contributed by atoms with Gasteiger partial charge in [-0.3, -0.25) is 4.98 Å². The van der Waals surface area contributed by atoms with Crippen molar-refractivity contribution in [3.05, 3.63) is 59.4 Å². The third kappa shape index (κ3) is 4.07. The van der Waals surface area contributed by atoms with E-state index < -0.39 is 0 Å². The lowest BCUT2D eigenvalue weighted by atomic mass is 10.2. The van der Waals surface area contributed by atoms with Gasteiger partial charge in [-0.25, -0.2) is 0 Å². The summed E-state index contributed by atoms with van der Waals surface area (Å²) in [6.45, 7) is 6.92. The summed E-state index contributed by atoms with van der Waals surface area (Å²) in [5.74, 6) is 0. The molecule has 1 aromatic carbocycles. The monoisotopic (exact) mass is 269 g/mol. The van der Waals surface area contributed by atoms with Crippen molar-refractivity contribution in [1.82, 2.24) is 10.3 Å². The Morgan fingerprint density at radius 3 is 2.70 bits per heavy atom. The van der Waals surface area contributed by atoms with E-state index in [4.69, 9.17) is 0 Å². The van der Waals surface area contributed by atoms with E-state index in [0.717, 1.165) is 25.3 Å². The van der Waals surface area contributed by atoms with Crippen molar-refractivity contribution in [3.63, 3.8) is 0 Å². The minimum Gasteiger partial charge on any atom is -0.369 e. The molecule has 3 nitrogen and oxygen atoms in total. The van der Waals surface area contributed by atoms with Crippen molar-refractivity contribution in [2.45, 2.75) is 26.9 Å². The Hall–Kier alpha value is -1.87. The zero-order valence-electron chi connectivity index (χ0n) is 12.6. The van der Waals surface area contributed by atoms with Gasteiger partial charge in [0.2, 0.25) is 0 Å². The maximum absolute atomic E-state index is 4.54. The standard InChI is InChI=1S/C17H23N3/c1-4-18-11-15-8-9-16(19-12-15)13-20(3)17-7-5-6-14(2)10-17/h5-10,12,18H,4,11,13H2,1-3H3. The summed E-state index contributed by atoms with van der Waals surface area (Å²) < 4.78 is 0. The quantitative estimate of drug-likeness (QED) is 0.873. The Kier molecular flexibility index (Phi) is 5.13. The second kappa shape index (κ2) is 7.06. The van der Waals surface area contributed by atoms with Crippen LogP contribution in [0.3, 0.4) is 0 Å². The van der Waals surface area contributed by atoms with Crippen LogP contribution in [0.15, 0.2) is 42.6 Å². The molecule has 1 aromatic heterocycles. The van der Waals surface area contributed by atoms with E-state index in [0.29, 0.717) is 0 Å². The van der Waals surface area contributed by atoms with Gasteiger partial charge in [0.15, 0.2) is 0 Å². The molecule has 20 heavy (non-hydrogen) atoms. The summed E-state index contributed by atoms with van der Waals surface area (Å²) in [7, 11) is 2.10. The molecule has 1 N–H and O–H groups in total. The smallest absolute Gasteiger partial charge is 0.0598 e. The molecule has 0 aliphatic carbocycles. The molecule has 0 saturated heterocycles. The van der Waals surface area contributed by atoms with Crippen LogP contribution in [-0.4, -0.2) is 18.6 Å². The Bertz CT molecular complexity index is 534. The molecule has 0 amide bonds. The highest BCUT2D eigenvalue weighted by Gasteiger charge is 2.03. The van der Waals surface area contributed by atoms with Crippen LogP contribution in [0.5, 0.6) is 0 Å². The maximum atomic E-state index is 4.54. The maximum Gasteiger partial charge on any atom is 0.0598 e. The van der Waals surface area contributed by atoms with E-state index in [2.05, 4.69) is 72.5 Å². The number of hydrogen-bond acceptors (Lipinski definition) is 3. The molecule has 2 rings (SSSR count). The molecular weight excluding hydrogens is 246 g/mol. The number of nitrogens with zero attached hydrogens (tertiary/aromatic N) is 2. The highest BCUT2D eigenvalue weighted by molar-refractivity contribution is 5.47. The van der Waals surface area contributed by atoms with E-state index in [1.54, 1.807) is 0 Å². The molecular formula is C17H23N3. The van der Waals surface area contributed by atoms with Crippen LogP contribution in [0.1, 0.15) is 23.7 Å². The minimum absolute atomic E-state index is 0.824. The van der Waals surface area contributed by atoms with Crippen LogP contribution < -0.4 is 10.2 Å². The Morgan fingerprint density at radius 2 is 2.05 bits per heavy atom. The number of pyridine rings is 1. The molecule has 0 spiro atoms. The first kappa shape index (κ1) is 14.5. The lowest BCUT2D eigenvalue weighted by molar-refractivity contribution is 0.722. The van der Waals surface area contributed by atoms with Gasteiger partial charge in [0.25, 0.3) is 0 Å². The molecule has 0 aliphatic rings. The van der Waals surface area contributed by atoms with Crippen LogP contribution in [-0.2, 0) is 13.1 Å². The van der Waals surface area contributed by atoms with Crippen molar-refractivity contribution in [2.75, 3.05) is 18.5 Å². The molecule has 0 aliphatic heterocycles. The normalized spacial score (nSPS) is 10.6. The second-order valence-electron chi connectivity index (χ2n) is 5.13. The first-order chi connectivity index (χ1) is 9.69. The highest BCUT2D eigenvalue weighted by Crippen LogP contribution is 2.16. The number of rotatable bonds is 6. The molecule has 1 heterocycles. The van der Waals surface area contributed by atoms with Crippen LogP contribution >= 0.6 is 0 Å². The summed E-state index contributed by atoms with van der Waals surface area (Å²) in [4.78, 5) is 6.76. The predicted molar refractivity (Wildman–Crippen MR) is 84.9 cm³/mol. The molecule has 0 radical (unpaired) electrons. The van der Waals surface area contributed by atoms with Crippen molar-refractivity contribution in [1.29, 1.82) is 0 Å². The zero-order valence-corrected chi connectivity index (χ0v) is 12.6. The molecule has 0 fully saturated rings. The average molecular weight is 269 g/mol. The van der Waals surface area contributed by atoms with Crippen molar-refractivity contribution in [2.24, 2.45) is 0 Å². The van der Waals surface area contributed by atoms with Gasteiger partial charge in [-0.1, -0.05) is 25.1 Å². The fourth-order valence-corrected chi connectivity index (χ4v) is 2.12. The zero-order chi connectivity index (χ0) is 14.4. The molecule has 106 valence electrons. The fraction of sp³-hybridized carbons (Fsp3) is 0.353. The van der Waals surface area contributed by atoms with E-state index in [-0.39, 0.29) is 0 Å². The topological polar surface area (TPSA) is 28.2 Å². The number of anilines is 1. The highest BCUT2D eigenvalue weighted by atomic mass is 15.1. The molecule has 2 aromatic rings. The molecule has 0 unspecified atom stereocenters.